The van der Waals surface area contributed by atoms with Gasteiger partial charge < -0.3 is 19.7 Å². The van der Waals surface area contributed by atoms with E-state index >= 15 is 0 Å². The van der Waals surface area contributed by atoms with Gasteiger partial charge in [0.1, 0.15) is 0 Å². The smallest absolute Gasteiger partial charge is 0.240 e. The third-order valence-electron chi connectivity index (χ3n) is 2.35. The highest BCUT2D eigenvalue weighted by Gasteiger charge is 2.24. The summed E-state index contributed by atoms with van der Waals surface area (Å²) in [5.74, 6) is 2.10. The molecule has 2 N–H and O–H groups in total. The summed E-state index contributed by atoms with van der Waals surface area (Å²) in [6.07, 6.45) is 0. The van der Waals surface area contributed by atoms with Gasteiger partial charge in [0.05, 0.1) is 16.6 Å². The van der Waals surface area contributed by atoms with E-state index in [-0.39, 0.29) is 13.3 Å². The van der Waals surface area contributed by atoms with Crippen LogP contribution in [0.2, 0.25) is 0 Å². The molecule has 17 heavy (non-hydrogen) atoms. The number of fused-ring (bicyclic) bond motifs is 1. The highest BCUT2D eigenvalue weighted by molar-refractivity contribution is 9.10. The fourth-order valence-electron chi connectivity index (χ4n) is 1.59. The van der Waals surface area contributed by atoms with Crippen LogP contribution >= 0.6 is 15.9 Å². The first kappa shape index (κ1) is 10.5. The number of aromatic nitrogens is 2. The van der Waals surface area contributed by atoms with Crippen LogP contribution in [0.3, 0.4) is 0 Å². The van der Waals surface area contributed by atoms with E-state index in [2.05, 4.69) is 26.1 Å². The lowest BCUT2D eigenvalue weighted by Gasteiger charge is -2.02. The Bertz CT molecular complexity index is 570. The molecule has 2 aromatic rings. The van der Waals surface area contributed by atoms with Crippen LogP contribution in [0.5, 0.6) is 11.5 Å². The molecule has 0 unspecified atom stereocenters. The second-order valence-corrected chi connectivity index (χ2v) is 4.23. The van der Waals surface area contributed by atoms with Gasteiger partial charge in [0.15, 0.2) is 11.5 Å². The number of nitrogens with zero attached hydrogens (tertiary/aromatic N) is 2. The summed E-state index contributed by atoms with van der Waals surface area (Å²) in [4.78, 5) is 4.15. The SMILES string of the molecule is NCc1nc(-c2ccc(Br)c3c2OCO3)no1. The van der Waals surface area contributed by atoms with E-state index in [4.69, 9.17) is 19.7 Å². The van der Waals surface area contributed by atoms with Crippen molar-refractivity contribution >= 4 is 15.9 Å². The minimum absolute atomic E-state index is 0.187. The second kappa shape index (κ2) is 4.01. The summed E-state index contributed by atoms with van der Waals surface area (Å²) in [5.41, 5.74) is 6.14. The van der Waals surface area contributed by atoms with Crippen molar-refractivity contribution < 1.29 is 14.0 Å². The predicted octanol–water partition coefficient (Wildman–Crippen LogP) is 1.69. The Labute approximate surface area is 105 Å². The lowest BCUT2D eigenvalue weighted by molar-refractivity contribution is 0.173. The van der Waals surface area contributed by atoms with E-state index in [0.29, 0.717) is 23.2 Å². The number of nitrogens with two attached hydrogens (primary N) is 1. The molecule has 6 nitrogen and oxygen atoms in total. The van der Waals surface area contributed by atoms with Gasteiger partial charge in [-0.05, 0) is 28.1 Å². The van der Waals surface area contributed by atoms with Crippen LogP contribution in [0, 0.1) is 0 Å². The Morgan fingerprint density at radius 2 is 2.12 bits per heavy atom. The maximum Gasteiger partial charge on any atom is 0.240 e. The first-order valence-corrected chi connectivity index (χ1v) is 5.70. The summed E-state index contributed by atoms with van der Waals surface area (Å²) in [7, 11) is 0. The molecule has 3 rings (SSSR count). The molecule has 0 saturated heterocycles. The Hall–Kier alpha value is -1.60. The molecule has 0 fully saturated rings. The standard InChI is InChI=1S/C10H8BrN3O3/c11-6-2-1-5(8-9(6)16-4-15-8)10-13-7(3-12)17-14-10/h1-2H,3-4,12H2. The molecule has 0 saturated carbocycles. The van der Waals surface area contributed by atoms with Crippen LogP contribution in [-0.4, -0.2) is 16.9 Å². The number of hydrogen-bond acceptors (Lipinski definition) is 6. The van der Waals surface area contributed by atoms with E-state index in [0.717, 1.165) is 10.0 Å². The Morgan fingerprint density at radius 3 is 2.88 bits per heavy atom. The Kier molecular flexibility index (Phi) is 2.49. The van der Waals surface area contributed by atoms with Gasteiger partial charge in [-0.1, -0.05) is 5.16 Å². The van der Waals surface area contributed by atoms with E-state index < -0.39 is 0 Å². The monoisotopic (exact) mass is 297 g/mol. The van der Waals surface area contributed by atoms with Crippen molar-refractivity contribution in [3.05, 3.63) is 22.5 Å². The van der Waals surface area contributed by atoms with Gasteiger partial charge in [-0.3, -0.25) is 0 Å². The molecule has 0 spiro atoms. The van der Waals surface area contributed by atoms with Crippen molar-refractivity contribution in [2.45, 2.75) is 6.54 Å². The first-order valence-electron chi connectivity index (χ1n) is 4.90. The number of benzene rings is 1. The van der Waals surface area contributed by atoms with Crippen molar-refractivity contribution in [3.63, 3.8) is 0 Å². The molecule has 1 aromatic heterocycles. The molecule has 0 bridgehead atoms. The molecule has 1 aliphatic heterocycles. The van der Waals surface area contributed by atoms with Crippen molar-refractivity contribution in [3.8, 4) is 22.9 Å². The maximum atomic E-state index is 5.42. The number of hydrogen-bond donors (Lipinski definition) is 1. The van der Waals surface area contributed by atoms with Crippen molar-refractivity contribution in [1.29, 1.82) is 0 Å². The highest BCUT2D eigenvalue weighted by Crippen LogP contribution is 2.44. The van der Waals surface area contributed by atoms with Gasteiger partial charge in [-0.25, -0.2) is 0 Å². The number of ether oxygens (including phenoxy) is 2. The van der Waals surface area contributed by atoms with Gasteiger partial charge in [-0.2, -0.15) is 4.98 Å². The largest absolute Gasteiger partial charge is 0.453 e. The van der Waals surface area contributed by atoms with Gasteiger partial charge in [0.25, 0.3) is 0 Å². The van der Waals surface area contributed by atoms with E-state index in [9.17, 15) is 0 Å². The van der Waals surface area contributed by atoms with Crippen molar-refractivity contribution in [2.75, 3.05) is 6.79 Å². The van der Waals surface area contributed by atoms with Crippen LogP contribution in [0.25, 0.3) is 11.4 Å². The van der Waals surface area contributed by atoms with Gasteiger partial charge in [0, 0.05) is 0 Å². The molecule has 1 aromatic carbocycles. The lowest BCUT2D eigenvalue weighted by atomic mass is 10.2. The van der Waals surface area contributed by atoms with Gasteiger partial charge in [0.2, 0.25) is 18.5 Å². The number of rotatable bonds is 2. The molecule has 0 aliphatic carbocycles. The van der Waals surface area contributed by atoms with Crippen LogP contribution in [-0.2, 0) is 6.54 Å². The molecule has 0 radical (unpaired) electrons. The Balaban J connectivity index is 2.12. The third kappa shape index (κ3) is 1.67. The molecule has 88 valence electrons. The highest BCUT2D eigenvalue weighted by atomic mass is 79.9. The molecular weight excluding hydrogens is 290 g/mol. The minimum atomic E-state index is 0.187. The van der Waals surface area contributed by atoms with Gasteiger partial charge >= 0.3 is 0 Å². The fourth-order valence-corrected chi connectivity index (χ4v) is 2.01. The maximum absolute atomic E-state index is 5.42. The quantitative estimate of drug-likeness (QED) is 0.908. The average molecular weight is 298 g/mol. The normalized spacial score (nSPS) is 13.1. The average Bonchev–Trinajstić information content (AvgIpc) is 2.98. The number of halogens is 1. The zero-order valence-corrected chi connectivity index (χ0v) is 10.2. The van der Waals surface area contributed by atoms with Crippen LogP contribution < -0.4 is 15.2 Å². The Morgan fingerprint density at radius 1 is 1.29 bits per heavy atom. The van der Waals surface area contributed by atoms with E-state index in [1.165, 1.54) is 0 Å². The molecule has 0 amide bonds. The fraction of sp³-hybridized carbons (Fsp3) is 0.200. The zero-order chi connectivity index (χ0) is 11.8. The zero-order valence-electron chi connectivity index (χ0n) is 8.64. The second-order valence-electron chi connectivity index (χ2n) is 3.38. The molecular formula is C10H8BrN3O3. The van der Waals surface area contributed by atoms with E-state index in [1.807, 2.05) is 12.1 Å². The lowest BCUT2D eigenvalue weighted by Crippen LogP contribution is -1.96. The predicted molar refractivity (Wildman–Crippen MR) is 61.4 cm³/mol. The summed E-state index contributed by atoms with van der Waals surface area (Å²) in [6, 6.07) is 3.68. The van der Waals surface area contributed by atoms with Crippen LogP contribution in [0.1, 0.15) is 5.89 Å². The minimum Gasteiger partial charge on any atom is -0.453 e. The third-order valence-corrected chi connectivity index (χ3v) is 2.98. The molecule has 1 aliphatic rings. The van der Waals surface area contributed by atoms with Crippen LogP contribution in [0.4, 0.5) is 0 Å². The summed E-state index contributed by atoms with van der Waals surface area (Å²) in [5, 5.41) is 3.85. The molecule has 0 atom stereocenters. The van der Waals surface area contributed by atoms with Crippen molar-refractivity contribution in [2.24, 2.45) is 5.73 Å². The summed E-state index contributed by atoms with van der Waals surface area (Å²) >= 11 is 3.38. The van der Waals surface area contributed by atoms with Gasteiger partial charge in [-0.15, -0.1) is 0 Å². The molecule has 2 heterocycles. The molecule has 7 heteroatoms. The first-order chi connectivity index (χ1) is 8.29. The van der Waals surface area contributed by atoms with Crippen molar-refractivity contribution in [1.82, 2.24) is 10.1 Å². The van der Waals surface area contributed by atoms with E-state index in [1.54, 1.807) is 0 Å². The summed E-state index contributed by atoms with van der Waals surface area (Å²) < 4.78 is 16.5. The van der Waals surface area contributed by atoms with Crippen LogP contribution in [0.15, 0.2) is 21.1 Å². The summed E-state index contributed by atoms with van der Waals surface area (Å²) in [6.45, 7) is 0.398. The topological polar surface area (TPSA) is 83.4 Å².